The molecule has 0 saturated carbocycles. The second kappa shape index (κ2) is 5.33. The summed E-state index contributed by atoms with van der Waals surface area (Å²) < 4.78 is 0. The monoisotopic (exact) mass is 189 g/mol. The zero-order chi connectivity index (χ0) is 10.4. The van der Waals surface area contributed by atoms with E-state index in [1.807, 2.05) is 6.07 Å². The standard InChI is InChI=1S/C11H15N3/c1-9(2)8-10-5-7-13-11(14-10)4-3-6-12/h5,7,9H,3-4,8H2,1-2H3. The Hall–Kier alpha value is -1.43. The maximum Gasteiger partial charge on any atom is 0.129 e. The fourth-order valence-electron chi connectivity index (χ4n) is 1.26. The largest absolute Gasteiger partial charge is 0.241 e. The molecule has 0 amide bonds. The fraction of sp³-hybridized carbons (Fsp3) is 0.545. The minimum Gasteiger partial charge on any atom is -0.241 e. The molecular weight excluding hydrogens is 174 g/mol. The van der Waals surface area contributed by atoms with Crippen molar-refractivity contribution >= 4 is 0 Å². The summed E-state index contributed by atoms with van der Waals surface area (Å²) >= 11 is 0. The Morgan fingerprint density at radius 3 is 2.93 bits per heavy atom. The zero-order valence-electron chi connectivity index (χ0n) is 8.70. The molecule has 74 valence electrons. The molecule has 1 aromatic heterocycles. The molecule has 0 spiro atoms. The summed E-state index contributed by atoms with van der Waals surface area (Å²) in [6, 6.07) is 4.04. The highest BCUT2D eigenvalue weighted by atomic mass is 14.9. The van der Waals surface area contributed by atoms with E-state index in [4.69, 9.17) is 5.26 Å². The molecule has 1 rings (SSSR count). The van der Waals surface area contributed by atoms with Crippen molar-refractivity contribution in [2.75, 3.05) is 0 Å². The van der Waals surface area contributed by atoms with Gasteiger partial charge in [-0.1, -0.05) is 13.8 Å². The summed E-state index contributed by atoms with van der Waals surface area (Å²) in [6.45, 7) is 4.33. The molecule has 1 aromatic rings. The maximum absolute atomic E-state index is 8.44. The second-order valence-electron chi connectivity index (χ2n) is 3.72. The van der Waals surface area contributed by atoms with Crippen LogP contribution in [0.15, 0.2) is 12.3 Å². The van der Waals surface area contributed by atoms with Crippen LogP contribution in [0.5, 0.6) is 0 Å². The molecule has 0 aromatic carbocycles. The Kier molecular flexibility index (Phi) is 4.06. The normalized spacial score (nSPS) is 10.1. The second-order valence-corrected chi connectivity index (χ2v) is 3.72. The third kappa shape index (κ3) is 3.53. The van der Waals surface area contributed by atoms with Crippen LogP contribution in [0.1, 0.15) is 31.8 Å². The number of nitriles is 1. The number of hydrogen-bond acceptors (Lipinski definition) is 3. The average molecular weight is 189 g/mol. The van der Waals surface area contributed by atoms with Crippen molar-refractivity contribution in [1.29, 1.82) is 5.26 Å². The van der Waals surface area contributed by atoms with E-state index >= 15 is 0 Å². The van der Waals surface area contributed by atoms with Crippen LogP contribution in [0.3, 0.4) is 0 Å². The molecule has 0 aliphatic heterocycles. The third-order valence-corrected chi connectivity index (χ3v) is 1.84. The third-order valence-electron chi connectivity index (χ3n) is 1.84. The lowest BCUT2D eigenvalue weighted by atomic mass is 10.1. The molecule has 0 bridgehead atoms. The van der Waals surface area contributed by atoms with Gasteiger partial charge in [-0.3, -0.25) is 0 Å². The first-order valence-electron chi connectivity index (χ1n) is 4.90. The summed E-state index contributed by atoms with van der Waals surface area (Å²) in [7, 11) is 0. The highest BCUT2D eigenvalue weighted by molar-refractivity contribution is 5.03. The van der Waals surface area contributed by atoms with Crippen LogP contribution in [0, 0.1) is 17.2 Å². The molecule has 0 fully saturated rings. The van der Waals surface area contributed by atoms with Crippen LogP contribution in [0.4, 0.5) is 0 Å². The lowest BCUT2D eigenvalue weighted by molar-refractivity contribution is 0.629. The van der Waals surface area contributed by atoms with Crippen LogP contribution in [-0.4, -0.2) is 9.97 Å². The summed E-state index contributed by atoms with van der Waals surface area (Å²) in [5, 5.41) is 8.44. The number of aryl methyl sites for hydroxylation is 1. The number of nitrogens with zero attached hydrogens (tertiary/aromatic N) is 3. The molecule has 0 atom stereocenters. The fourth-order valence-corrected chi connectivity index (χ4v) is 1.26. The van der Waals surface area contributed by atoms with E-state index in [0.29, 0.717) is 18.8 Å². The molecule has 0 unspecified atom stereocenters. The van der Waals surface area contributed by atoms with Crippen molar-refractivity contribution in [3.8, 4) is 6.07 Å². The first-order chi connectivity index (χ1) is 6.72. The zero-order valence-corrected chi connectivity index (χ0v) is 8.70. The van der Waals surface area contributed by atoms with Gasteiger partial charge in [0, 0.05) is 24.7 Å². The van der Waals surface area contributed by atoms with Crippen molar-refractivity contribution in [1.82, 2.24) is 9.97 Å². The lowest BCUT2D eigenvalue weighted by Gasteiger charge is -2.04. The van der Waals surface area contributed by atoms with Crippen LogP contribution in [-0.2, 0) is 12.8 Å². The quantitative estimate of drug-likeness (QED) is 0.729. The van der Waals surface area contributed by atoms with E-state index in [1.54, 1.807) is 6.20 Å². The van der Waals surface area contributed by atoms with Crippen molar-refractivity contribution in [3.05, 3.63) is 23.8 Å². The van der Waals surface area contributed by atoms with E-state index in [0.717, 1.165) is 17.9 Å². The predicted molar refractivity (Wildman–Crippen MR) is 54.5 cm³/mol. The molecule has 14 heavy (non-hydrogen) atoms. The van der Waals surface area contributed by atoms with Crippen LogP contribution in [0.25, 0.3) is 0 Å². The van der Waals surface area contributed by atoms with Crippen LogP contribution < -0.4 is 0 Å². The summed E-state index contributed by atoms with van der Waals surface area (Å²) in [4.78, 5) is 8.51. The average Bonchev–Trinajstić information content (AvgIpc) is 2.14. The van der Waals surface area contributed by atoms with E-state index in [9.17, 15) is 0 Å². The number of aromatic nitrogens is 2. The summed E-state index contributed by atoms with van der Waals surface area (Å²) in [5.41, 5.74) is 1.07. The van der Waals surface area contributed by atoms with Crippen LogP contribution in [0.2, 0.25) is 0 Å². The minimum absolute atomic E-state index is 0.491. The van der Waals surface area contributed by atoms with E-state index in [-0.39, 0.29) is 0 Å². The first kappa shape index (κ1) is 10.6. The van der Waals surface area contributed by atoms with E-state index < -0.39 is 0 Å². The topological polar surface area (TPSA) is 49.6 Å². The molecule has 0 N–H and O–H groups in total. The lowest BCUT2D eigenvalue weighted by Crippen LogP contribution is -2.02. The van der Waals surface area contributed by atoms with Gasteiger partial charge in [0.15, 0.2) is 0 Å². The molecule has 3 nitrogen and oxygen atoms in total. The van der Waals surface area contributed by atoms with Crippen molar-refractivity contribution in [3.63, 3.8) is 0 Å². The molecule has 0 radical (unpaired) electrons. The SMILES string of the molecule is CC(C)Cc1ccnc(CCC#N)n1. The Morgan fingerprint density at radius 2 is 2.29 bits per heavy atom. The van der Waals surface area contributed by atoms with Gasteiger partial charge < -0.3 is 0 Å². The van der Waals surface area contributed by atoms with E-state index in [1.165, 1.54) is 0 Å². The van der Waals surface area contributed by atoms with Gasteiger partial charge in [0.05, 0.1) is 6.07 Å². The Labute approximate surface area is 84.8 Å². The van der Waals surface area contributed by atoms with Gasteiger partial charge in [0.1, 0.15) is 5.82 Å². The van der Waals surface area contributed by atoms with Crippen LogP contribution >= 0.6 is 0 Å². The molecule has 3 heteroatoms. The van der Waals surface area contributed by atoms with Gasteiger partial charge in [-0.2, -0.15) is 5.26 Å². The highest BCUT2D eigenvalue weighted by Gasteiger charge is 2.01. The number of hydrogen-bond donors (Lipinski definition) is 0. The molecule has 0 aliphatic rings. The van der Waals surface area contributed by atoms with Gasteiger partial charge in [-0.25, -0.2) is 9.97 Å². The molecule has 0 aliphatic carbocycles. The molecule has 0 saturated heterocycles. The van der Waals surface area contributed by atoms with Crippen molar-refractivity contribution in [2.24, 2.45) is 5.92 Å². The predicted octanol–water partition coefficient (Wildman–Crippen LogP) is 2.13. The Morgan fingerprint density at radius 1 is 1.50 bits per heavy atom. The first-order valence-corrected chi connectivity index (χ1v) is 4.90. The van der Waals surface area contributed by atoms with E-state index in [2.05, 4.69) is 29.9 Å². The van der Waals surface area contributed by atoms with Gasteiger partial charge in [0.25, 0.3) is 0 Å². The highest BCUT2D eigenvalue weighted by Crippen LogP contribution is 2.05. The summed E-state index contributed by atoms with van der Waals surface area (Å²) in [5.74, 6) is 1.39. The minimum atomic E-state index is 0.491. The van der Waals surface area contributed by atoms with Gasteiger partial charge >= 0.3 is 0 Å². The Bertz CT molecular complexity index is 326. The van der Waals surface area contributed by atoms with Gasteiger partial charge in [-0.05, 0) is 18.4 Å². The molecular formula is C11H15N3. The van der Waals surface area contributed by atoms with Gasteiger partial charge in [-0.15, -0.1) is 0 Å². The molecule has 1 heterocycles. The van der Waals surface area contributed by atoms with Crippen molar-refractivity contribution in [2.45, 2.75) is 33.1 Å². The number of rotatable bonds is 4. The Balaban J connectivity index is 2.65. The maximum atomic E-state index is 8.44. The van der Waals surface area contributed by atoms with Gasteiger partial charge in [0.2, 0.25) is 0 Å². The smallest absolute Gasteiger partial charge is 0.129 e. The summed E-state index contributed by atoms with van der Waals surface area (Å²) in [6.07, 6.45) is 3.90. The van der Waals surface area contributed by atoms with Crippen molar-refractivity contribution < 1.29 is 0 Å².